The molecular formula is C14H24O. The van der Waals surface area contributed by atoms with Crippen LogP contribution in [-0.4, -0.2) is 5.78 Å². The summed E-state index contributed by atoms with van der Waals surface area (Å²) < 4.78 is 0. The van der Waals surface area contributed by atoms with E-state index < -0.39 is 0 Å². The lowest BCUT2D eigenvalue weighted by atomic mass is 9.55. The van der Waals surface area contributed by atoms with Crippen LogP contribution in [0.5, 0.6) is 0 Å². The zero-order valence-corrected chi connectivity index (χ0v) is 10.4. The fourth-order valence-electron chi connectivity index (χ4n) is 4.03. The van der Waals surface area contributed by atoms with Crippen molar-refractivity contribution in [1.82, 2.24) is 0 Å². The number of ketones is 1. The van der Waals surface area contributed by atoms with E-state index in [4.69, 9.17) is 0 Å². The maximum atomic E-state index is 11.5. The van der Waals surface area contributed by atoms with Gasteiger partial charge in [0.25, 0.3) is 0 Å². The van der Waals surface area contributed by atoms with Gasteiger partial charge in [-0.15, -0.1) is 0 Å². The molecule has 2 aliphatic rings. The van der Waals surface area contributed by atoms with Crippen molar-refractivity contribution in [3.63, 3.8) is 0 Å². The van der Waals surface area contributed by atoms with E-state index in [1.54, 1.807) is 6.92 Å². The third kappa shape index (κ3) is 1.98. The summed E-state index contributed by atoms with van der Waals surface area (Å²) in [6.07, 6.45) is 7.78. The Morgan fingerprint density at radius 1 is 1.27 bits per heavy atom. The van der Waals surface area contributed by atoms with Gasteiger partial charge in [-0.2, -0.15) is 0 Å². The van der Waals surface area contributed by atoms with Crippen molar-refractivity contribution in [2.24, 2.45) is 23.2 Å². The predicted molar refractivity (Wildman–Crippen MR) is 62.6 cm³/mol. The normalized spacial score (nSPS) is 45.9. The summed E-state index contributed by atoms with van der Waals surface area (Å²) in [5, 5.41) is 0. The first-order valence-electron chi connectivity index (χ1n) is 6.53. The van der Waals surface area contributed by atoms with Gasteiger partial charge in [0.15, 0.2) is 0 Å². The first-order chi connectivity index (χ1) is 7.03. The van der Waals surface area contributed by atoms with Crippen LogP contribution in [0.4, 0.5) is 0 Å². The Morgan fingerprint density at radius 2 is 2.00 bits per heavy atom. The van der Waals surface area contributed by atoms with Gasteiger partial charge in [-0.1, -0.05) is 26.7 Å². The van der Waals surface area contributed by atoms with E-state index in [1.807, 2.05) is 0 Å². The lowest BCUT2D eigenvalue weighted by Gasteiger charge is -2.50. The second-order valence-corrected chi connectivity index (χ2v) is 6.21. The Labute approximate surface area is 93.6 Å². The Kier molecular flexibility index (Phi) is 2.92. The number of rotatable bonds is 1. The molecule has 1 heteroatoms. The van der Waals surface area contributed by atoms with E-state index in [2.05, 4.69) is 13.8 Å². The summed E-state index contributed by atoms with van der Waals surface area (Å²) in [7, 11) is 0. The maximum absolute atomic E-state index is 11.5. The lowest BCUT2D eigenvalue weighted by Crippen LogP contribution is -2.42. The highest BCUT2D eigenvalue weighted by Gasteiger charge is 2.44. The topological polar surface area (TPSA) is 17.1 Å². The first-order valence-corrected chi connectivity index (χ1v) is 6.53. The van der Waals surface area contributed by atoms with Crippen LogP contribution in [0.1, 0.15) is 59.3 Å². The molecule has 0 radical (unpaired) electrons. The van der Waals surface area contributed by atoms with Crippen molar-refractivity contribution >= 4 is 5.78 Å². The Balaban J connectivity index is 2.12. The minimum atomic E-state index is 0.378. The molecule has 2 fully saturated rings. The second-order valence-electron chi connectivity index (χ2n) is 6.21. The molecule has 2 rings (SSSR count). The first kappa shape index (κ1) is 11.2. The van der Waals surface area contributed by atoms with E-state index in [0.29, 0.717) is 17.1 Å². The molecule has 86 valence electrons. The van der Waals surface area contributed by atoms with Crippen LogP contribution in [0.3, 0.4) is 0 Å². The molecule has 2 aliphatic carbocycles. The van der Waals surface area contributed by atoms with E-state index in [-0.39, 0.29) is 0 Å². The average molecular weight is 208 g/mol. The number of hydrogen-bond donors (Lipinski definition) is 0. The van der Waals surface area contributed by atoms with Gasteiger partial charge in [-0.05, 0) is 49.9 Å². The van der Waals surface area contributed by atoms with Crippen LogP contribution in [0.25, 0.3) is 0 Å². The van der Waals surface area contributed by atoms with Gasteiger partial charge >= 0.3 is 0 Å². The van der Waals surface area contributed by atoms with Gasteiger partial charge in [0.05, 0.1) is 0 Å². The quantitative estimate of drug-likeness (QED) is 0.640. The van der Waals surface area contributed by atoms with Crippen molar-refractivity contribution in [2.45, 2.75) is 59.3 Å². The molecule has 0 saturated heterocycles. The molecule has 0 aromatic heterocycles. The average Bonchev–Trinajstić information content (AvgIpc) is 2.17. The van der Waals surface area contributed by atoms with E-state index >= 15 is 0 Å². The van der Waals surface area contributed by atoms with Crippen molar-refractivity contribution in [1.29, 1.82) is 0 Å². The van der Waals surface area contributed by atoms with Crippen LogP contribution in [0.2, 0.25) is 0 Å². The summed E-state index contributed by atoms with van der Waals surface area (Å²) >= 11 is 0. The summed E-state index contributed by atoms with van der Waals surface area (Å²) in [5.74, 6) is 2.46. The monoisotopic (exact) mass is 208 g/mol. The Bertz CT molecular complexity index is 258. The minimum absolute atomic E-state index is 0.378. The van der Waals surface area contributed by atoms with Crippen LogP contribution in [0, 0.1) is 23.2 Å². The van der Waals surface area contributed by atoms with Gasteiger partial charge in [-0.3, -0.25) is 4.79 Å². The van der Waals surface area contributed by atoms with Crippen LogP contribution >= 0.6 is 0 Å². The standard InChI is InChI=1S/C14H24O/c1-10-5-4-7-14(3)8-6-12(11(2)15)9-13(10)14/h10,12-13H,4-9H2,1-3H3/t10?,12?,13-,14?/m0/s1. The van der Waals surface area contributed by atoms with Crippen molar-refractivity contribution < 1.29 is 4.79 Å². The van der Waals surface area contributed by atoms with Crippen molar-refractivity contribution in [3.8, 4) is 0 Å². The van der Waals surface area contributed by atoms with Gasteiger partial charge in [0, 0.05) is 5.92 Å². The van der Waals surface area contributed by atoms with E-state index in [1.165, 1.54) is 32.1 Å². The van der Waals surface area contributed by atoms with Crippen LogP contribution in [0.15, 0.2) is 0 Å². The highest BCUT2D eigenvalue weighted by molar-refractivity contribution is 5.78. The molecule has 0 spiro atoms. The molecule has 0 N–H and O–H groups in total. The largest absolute Gasteiger partial charge is 0.300 e. The molecule has 0 aliphatic heterocycles. The molecular weight excluding hydrogens is 184 g/mol. The second kappa shape index (κ2) is 3.92. The summed E-state index contributed by atoms with van der Waals surface area (Å²) in [6, 6.07) is 0. The lowest BCUT2D eigenvalue weighted by molar-refractivity contribution is -0.124. The summed E-state index contributed by atoms with van der Waals surface area (Å²) in [6.45, 7) is 6.63. The minimum Gasteiger partial charge on any atom is -0.300 e. The molecule has 0 aromatic rings. The third-order valence-electron chi connectivity index (χ3n) is 5.17. The molecule has 4 atom stereocenters. The molecule has 1 nitrogen and oxygen atoms in total. The predicted octanol–water partition coefficient (Wildman–Crippen LogP) is 3.82. The molecule has 0 bridgehead atoms. The number of carbonyl (C=O) groups excluding carboxylic acids is 1. The van der Waals surface area contributed by atoms with Crippen molar-refractivity contribution in [3.05, 3.63) is 0 Å². The number of fused-ring (bicyclic) bond motifs is 1. The number of hydrogen-bond acceptors (Lipinski definition) is 1. The smallest absolute Gasteiger partial charge is 0.132 e. The van der Waals surface area contributed by atoms with Gasteiger partial charge < -0.3 is 0 Å². The van der Waals surface area contributed by atoms with Crippen LogP contribution < -0.4 is 0 Å². The van der Waals surface area contributed by atoms with E-state index in [9.17, 15) is 4.79 Å². The molecule has 3 unspecified atom stereocenters. The van der Waals surface area contributed by atoms with E-state index in [0.717, 1.165) is 18.3 Å². The zero-order chi connectivity index (χ0) is 11.1. The summed E-state index contributed by atoms with van der Waals surface area (Å²) in [5.41, 5.74) is 0.559. The summed E-state index contributed by atoms with van der Waals surface area (Å²) in [4.78, 5) is 11.5. The molecule has 15 heavy (non-hydrogen) atoms. The highest BCUT2D eigenvalue weighted by Crippen LogP contribution is 2.53. The van der Waals surface area contributed by atoms with Crippen LogP contribution in [-0.2, 0) is 4.79 Å². The number of Topliss-reactive ketones (excluding diaryl/α,β-unsaturated/α-hetero) is 1. The van der Waals surface area contributed by atoms with Gasteiger partial charge in [0.2, 0.25) is 0 Å². The SMILES string of the molecule is CC(=O)C1CCC2(C)CCCC(C)[C@@H]2C1. The molecule has 2 saturated carbocycles. The highest BCUT2D eigenvalue weighted by atomic mass is 16.1. The number of carbonyl (C=O) groups is 1. The zero-order valence-electron chi connectivity index (χ0n) is 10.4. The fraction of sp³-hybridized carbons (Fsp3) is 0.929. The molecule has 0 aromatic carbocycles. The van der Waals surface area contributed by atoms with Crippen molar-refractivity contribution in [2.75, 3.05) is 0 Å². The Morgan fingerprint density at radius 3 is 2.67 bits per heavy atom. The maximum Gasteiger partial charge on any atom is 0.132 e. The fourth-order valence-corrected chi connectivity index (χ4v) is 4.03. The Hall–Kier alpha value is -0.330. The van der Waals surface area contributed by atoms with Gasteiger partial charge in [0.1, 0.15) is 5.78 Å². The van der Waals surface area contributed by atoms with Gasteiger partial charge in [-0.25, -0.2) is 0 Å². The molecule has 0 heterocycles. The third-order valence-corrected chi connectivity index (χ3v) is 5.17. The molecule has 0 amide bonds.